The maximum absolute atomic E-state index is 12.6. The number of aromatic nitrogens is 2. The number of esters is 2. The van der Waals surface area contributed by atoms with E-state index in [1.54, 1.807) is 31.2 Å². The number of carbonyl (C=O) groups is 2. The summed E-state index contributed by atoms with van der Waals surface area (Å²) in [5, 5.41) is 0.333. The van der Waals surface area contributed by atoms with Crippen LogP contribution in [0.3, 0.4) is 0 Å². The van der Waals surface area contributed by atoms with Crippen LogP contribution in [0.2, 0.25) is 0 Å². The Morgan fingerprint density at radius 2 is 1.86 bits per heavy atom. The molecular formula is C19H18N2O7. The summed E-state index contributed by atoms with van der Waals surface area (Å²) in [4.78, 5) is 48.9. The number of hydrogen-bond acceptors (Lipinski definition) is 7. The zero-order valence-electron chi connectivity index (χ0n) is 15.3. The summed E-state index contributed by atoms with van der Waals surface area (Å²) >= 11 is 0. The Hall–Kier alpha value is -3.62. The third kappa shape index (κ3) is 3.46. The molecule has 1 aromatic carbocycles. The monoisotopic (exact) mass is 386 g/mol. The molecule has 0 unspecified atom stereocenters. The second kappa shape index (κ2) is 7.95. The van der Waals surface area contributed by atoms with Gasteiger partial charge in [-0.15, -0.1) is 0 Å². The number of rotatable bonds is 6. The van der Waals surface area contributed by atoms with Gasteiger partial charge in [0.25, 0.3) is 5.56 Å². The lowest BCUT2D eigenvalue weighted by atomic mass is 10.2. The fourth-order valence-electron chi connectivity index (χ4n) is 2.86. The number of hydrogen-bond donors (Lipinski definition) is 0. The molecule has 0 saturated carbocycles. The van der Waals surface area contributed by atoms with Gasteiger partial charge in [0.1, 0.15) is 13.2 Å². The van der Waals surface area contributed by atoms with Crippen molar-refractivity contribution in [3.63, 3.8) is 0 Å². The van der Waals surface area contributed by atoms with Crippen molar-refractivity contribution in [2.75, 3.05) is 7.11 Å². The molecule has 0 amide bonds. The molecule has 2 heterocycles. The maximum atomic E-state index is 12.6. The molecule has 3 rings (SSSR count). The van der Waals surface area contributed by atoms with Gasteiger partial charge in [-0.05, 0) is 25.1 Å². The summed E-state index contributed by atoms with van der Waals surface area (Å²) < 4.78 is 17.0. The highest BCUT2D eigenvalue weighted by molar-refractivity contribution is 5.87. The van der Waals surface area contributed by atoms with Crippen LogP contribution in [0.4, 0.5) is 0 Å². The van der Waals surface area contributed by atoms with Crippen LogP contribution in [-0.2, 0) is 34.0 Å². The molecule has 9 nitrogen and oxygen atoms in total. The van der Waals surface area contributed by atoms with Crippen LogP contribution >= 0.6 is 0 Å². The van der Waals surface area contributed by atoms with Gasteiger partial charge in [0, 0.05) is 12.1 Å². The van der Waals surface area contributed by atoms with Crippen LogP contribution in [0.1, 0.15) is 23.0 Å². The quantitative estimate of drug-likeness (QED) is 0.587. The minimum atomic E-state index is -0.703. The first-order valence-electron chi connectivity index (χ1n) is 8.50. The van der Waals surface area contributed by atoms with Gasteiger partial charge in [-0.25, -0.2) is 9.59 Å². The minimum absolute atomic E-state index is 0.0579. The van der Waals surface area contributed by atoms with E-state index in [1.807, 2.05) is 0 Å². The molecule has 0 atom stereocenters. The van der Waals surface area contributed by atoms with Crippen molar-refractivity contribution in [1.82, 2.24) is 9.13 Å². The zero-order valence-corrected chi connectivity index (χ0v) is 15.3. The first kappa shape index (κ1) is 19.2. The van der Waals surface area contributed by atoms with Crippen molar-refractivity contribution in [1.29, 1.82) is 0 Å². The molecule has 0 aliphatic rings. The average Bonchev–Trinajstić information content (AvgIpc) is 3.18. The molecule has 0 aliphatic carbocycles. The lowest BCUT2D eigenvalue weighted by Gasteiger charge is -2.12. The largest absolute Gasteiger partial charge is 0.463 e. The number of fused-ring (bicyclic) bond motifs is 1. The molecule has 0 bridgehead atoms. The van der Waals surface area contributed by atoms with Crippen molar-refractivity contribution >= 4 is 22.8 Å². The summed E-state index contributed by atoms with van der Waals surface area (Å²) in [6.45, 7) is 1.24. The third-order valence-corrected chi connectivity index (χ3v) is 4.24. The molecule has 9 heteroatoms. The minimum Gasteiger partial charge on any atom is -0.463 e. The third-order valence-electron chi connectivity index (χ3n) is 4.24. The van der Waals surface area contributed by atoms with Crippen molar-refractivity contribution < 1.29 is 23.5 Å². The number of para-hydroxylation sites is 1. The second-order valence-corrected chi connectivity index (χ2v) is 5.86. The lowest BCUT2D eigenvalue weighted by molar-refractivity contribution is -0.145. The molecule has 0 N–H and O–H groups in total. The molecule has 0 fully saturated rings. The molecule has 2 aromatic heterocycles. The summed E-state index contributed by atoms with van der Waals surface area (Å²) in [6.07, 6.45) is 1.28. The van der Waals surface area contributed by atoms with Crippen molar-refractivity contribution in [2.24, 2.45) is 0 Å². The molecule has 3 aromatic rings. The summed E-state index contributed by atoms with van der Waals surface area (Å²) in [5.74, 6) is -1.45. The molecular weight excluding hydrogens is 368 g/mol. The van der Waals surface area contributed by atoms with Crippen LogP contribution in [-0.4, -0.2) is 28.2 Å². The van der Waals surface area contributed by atoms with E-state index >= 15 is 0 Å². The van der Waals surface area contributed by atoms with Crippen LogP contribution < -0.4 is 11.2 Å². The topological polar surface area (TPSA) is 110 Å². The highest BCUT2D eigenvalue weighted by Gasteiger charge is 2.19. The SMILES string of the molecule is CCn1c(=O)c2ccccc2n(CC(=O)OCc2ccoc2C(=O)OC)c1=O. The van der Waals surface area contributed by atoms with Crippen molar-refractivity contribution in [3.05, 3.63) is 68.8 Å². The van der Waals surface area contributed by atoms with E-state index in [0.29, 0.717) is 16.5 Å². The first-order chi connectivity index (χ1) is 13.5. The average molecular weight is 386 g/mol. The Kier molecular flexibility index (Phi) is 5.44. The Morgan fingerprint density at radius 1 is 1.11 bits per heavy atom. The lowest BCUT2D eigenvalue weighted by Crippen LogP contribution is -2.40. The van der Waals surface area contributed by atoms with E-state index in [-0.39, 0.29) is 25.5 Å². The van der Waals surface area contributed by atoms with E-state index in [9.17, 15) is 19.2 Å². The highest BCUT2D eigenvalue weighted by Crippen LogP contribution is 2.13. The Bertz CT molecular complexity index is 1150. The molecule has 146 valence electrons. The van der Waals surface area contributed by atoms with E-state index in [4.69, 9.17) is 9.15 Å². The van der Waals surface area contributed by atoms with Gasteiger partial charge in [-0.1, -0.05) is 12.1 Å². The normalized spacial score (nSPS) is 10.8. The van der Waals surface area contributed by atoms with Crippen LogP contribution in [0.5, 0.6) is 0 Å². The van der Waals surface area contributed by atoms with Gasteiger partial charge >= 0.3 is 17.6 Å². The van der Waals surface area contributed by atoms with E-state index < -0.39 is 23.2 Å². The van der Waals surface area contributed by atoms with Crippen molar-refractivity contribution in [2.45, 2.75) is 26.6 Å². The molecule has 0 saturated heterocycles. The van der Waals surface area contributed by atoms with E-state index in [1.165, 1.54) is 24.0 Å². The zero-order chi connectivity index (χ0) is 20.3. The number of furan rings is 1. The molecule has 0 spiro atoms. The first-order valence-corrected chi connectivity index (χ1v) is 8.50. The van der Waals surface area contributed by atoms with Crippen LogP contribution in [0, 0.1) is 0 Å². The number of carbonyl (C=O) groups excluding carboxylic acids is 2. The van der Waals surface area contributed by atoms with Gasteiger partial charge in [0.2, 0.25) is 5.76 Å². The Balaban J connectivity index is 1.86. The van der Waals surface area contributed by atoms with Gasteiger partial charge in [-0.3, -0.25) is 18.7 Å². The fraction of sp³-hybridized carbons (Fsp3) is 0.263. The second-order valence-electron chi connectivity index (χ2n) is 5.86. The van der Waals surface area contributed by atoms with Gasteiger partial charge in [0.05, 0.1) is 24.3 Å². The molecule has 0 radical (unpaired) electrons. The van der Waals surface area contributed by atoms with Gasteiger partial charge < -0.3 is 13.9 Å². The number of nitrogens with zero attached hydrogens (tertiary/aromatic N) is 2. The molecule has 0 aliphatic heterocycles. The van der Waals surface area contributed by atoms with Crippen LogP contribution in [0.15, 0.2) is 50.6 Å². The van der Waals surface area contributed by atoms with E-state index in [2.05, 4.69) is 4.74 Å². The number of methoxy groups -OCH3 is 1. The Morgan fingerprint density at radius 3 is 2.57 bits per heavy atom. The number of ether oxygens (including phenoxy) is 2. The Labute approximate surface area is 158 Å². The maximum Gasteiger partial charge on any atom is 0.374 e. The predicted octanol–water partition coefficient (Wildman–Crippen LogP) is 1.31. The summed E-state index contributed by atoms with van der Waals surface area (Å²) in [6, 6.07) is 8.03. The van der Waals surface area contributed by atoms with Crippen LogP contribution in [0.25, 0.3) is 10.9 Å². The van der Waals surface area contributed by atoms with E-state index in [0.717, 1.165) is 4.57 Å². The van der Waals surface area contributed by atoms with Gasteiger partial charge in [0.15, 0.2) is 0 Å². The smallest absolute Gasteiger partial charge is 0.374 e. The summed E-state index contributed by atoms with van der Waals surface area (Å²) in [5.41, 5.74) is -0.316. The number of benzene rings is 1. The fourth-order valence-corrected chi connectivity index (χ4v) is 2.86. The van der Waals surface area contributed by atoms with Gasteiger partial charge in [-0.2, -0.15) is 0 Å². The van der Waals surface area contributed by atoms with Crippen molar-refractivity contribution in [3.8, 4) is 0 Å². The standard InChI is InChI=1S/C19H18N2O7/c1-3-20-17(23)13-6-4-5-7-14(13)21(19(20)25)10-15(22)28-11-12-8-9-27-16(12)18(24)26-2/h4-9H,3,10-11H2,1-2H3. The summed E-state index contributed by atoms with van der Waals surface area (Å²) in [7, 11) is 1.21. The predicted molar refractivity (Wildman–Crippen MR) is 98.0 cm³/mol. The highest BCUT2D eigenvalue weighted by atomic mass is 16.5. The molecule has 28 heavy (non-hydrogen) atoms.